The van der Waals surface area contributed by atoms with Gasteiger partial charge in [0.2, 0.25) is 0 Å². The number of halogens is 1. The highest BCUT2D eigenvalue weighted by Crippen LogP contribution is 2.26. The molecule has 0 unspecified atom stereocenters. The summed E-state index contributed by atoms with van der Waals surface area (Å²) in [5.74, 6) is 0. The van der Waals surface area contributed by atoms with E-state index in [-0.39, 0.29) is 6.29 Å². The molecule has 0 aliphatic carbocycles. The van der Waals surface area contributed by atoms with Gasteiger partial charge in [-0.05, 0) is 24.3 Å². The fraction of sp³-hybridized carbons (Fsp3) is 0.250. The number of rotatable bonds is 8. The van der Waals surface area contributed by atoms with Crippen LogP contribution >= 0.6 is 11.6 Å². The lowest BCUT2D eigenvalue weighted by Crippen LogP contribution is -2.29. The van der Waals surface area contributed by atoms with Crippen molar-refractivity contribution in [1.29, 1.82) is 0 Å². The topological polar surface area (TPSA) is 48.3 Å². The van der Waals surface area contributed by atoms with Gasteiger partial charge in [0.25, 0.3) is 0 Å². The van der Waals surface area contributed by atoms with Crippen LogP contribution in [0.15, 0.2) is 60.8 Å². The van der Waals surface area contributed by atoms with Gasteiger partial charge in [-0.3, -0.25) is 0 Å². The SMILES string of the molecule is COC(CNCc1cn(-c2ccccc2)nc1-c1cccc(Cl)c1)OC. The van der Waals surface area contributed by atoms with Crippen LogP contribution in [0, 0.1) is 0 Å². The van der Waals surface area contributed by atoms with Crippen molar-refractivity contribution in [1.82, 2.24) is 15.1 Å². The van der Waals surface area contributed by atoms with Crippen LogP contribution in [0.2, 0.25) is 5.02 Å². The van der Waals surface area contributed by atoms with Gasteiger partial charge in [-0.1, -0.05) is 41.9 Å². The van der Waals surface area contributed by atoms with Crippen molar-refractivity contribution in [2.24, 2.45) is 0 Å². The van der Waals surface area contributed by atoms with Crippen molar-refractivity contribution in [3.63, 3.8) is 0 Å². The van der Waals surface area contributed by atoms with Gasteiger partial charge in [0, 0.05) is 49.7 Å². The number of para-hydroxylation sites is 1. The van der Waals surface area contributed by atoms with Gasteiger partial charge in [0.05, 0.1) is 11.4 Å². The van der Waals surface area contributed by atoms with Crippen molar-refractivity contribution in [2.75, 3.05) is 20.8 Å². The molecule has 6 heteroatoms. The molecule has 0 amide bonds. The van der Waals surface area contributed by atoms with E-state index in [2.05, 4.69) is 5.32 Å². The minimum atomic E-state index is -0.284. The molecule has 3 aromatic rings. The summed E-state index contributed by atoms with van der Waals surface area (Å²) in [6.07, 6.45) is 1.75. The predicted molar refractivity (Wildman–Crippen MR) is 104 cm³/mol. The minimum Gasteiger partial charge on any atom is -0.355 e. The molecule has 0 atom stereocenters. The van der Waals surface area contributed by atoms with Crippen molar-refractivity contribution in [3.05, 3.63) is 71.4 Å². The fourth-order valence-electron chi connectivity index (χ4n) is 2.72. The summed E-state index contributed by atoms with van der Waals surface area (Å²) in [4.78, 5) is 0. The summed E-state index contributed by atoms with van der Waals surface area (Å²) < 4.78 is 12.3. The van der Waals surface area contributed by atoms with E-state index in [1.807, 2.05) is 65.5 Å². The number of methoxy groups -OCH3 is 2. The van der Waals surface area contributed by atoms with Gasteiger partial charge in [-0.25, -0.2) is 4.68 Å². The highest BCUT2D eigenvalue weighted by atomic mass is 35.5. The van der Waals surface area contributed by atoms with Gasteiger partial charge in [-0.15, -0.1) is 0 Å². The predicted octanol–water partition coefficient (Wildman–Crippen LogP) is 3.90. The second-order valence-corrected chi connectivity index (χ2v) is 6.26. The maximum atomic E-state index is 6.17. The summed E-state index contributed by atoms with van der Waals surface area (Å²) in [5, 5.41) is 8.83. The molecule has 0 aliphatic rings. The first-order chi connectivity index (χ1) is 12.7. The van der Waals surface area contributed by atoms with E-state index in [0.717, 1.165) is 22.5 Å². The molecule has 1 heterocycles. The first-order valence-corrected chi connectivity index (χ1v) is 8.75. The van der Waals surface area contributed by atoms with Gasteiger partial charge in [0.1, 0.15) is 0 Å². The molecule has 5 nitrogen and oxygen atoms in total. The van der Waals surface area contributed by atoms with Crippen LogP contribution in [0.4, 0.5) is 0 Å². The van der Waals surface area contributed by atoms with Crippen molar-refractivity contribution < 1.29 is 9.47 Å². The Balaban J connectivity index is 1.89. The van der Waals surface area contributed by atoms with E-state index in [0.29, 0.717) is 18.1 Å². The molecule has 3 rings (SSSR count). The third-order valence-corrected chi connectivity index (χ3v) is 4.30. The summed E-state index contributed by atoms with van der Waals surface area (Å²) in [7, 11) is 3.25. The van der Waals surface area contributed by atoms with Crippen molar-refractivity contribution in [2.45, 2.75) is 12.8 Å². The van der Waals surface area contributed by atoms with E-state index in [1.54, 1.807) is 14.2 Å². The largest absolute Gasteiger partial charge is 0.355 e. The van der Waals surface area contributed by atoms with Crippen molar-refractivity contribution >= 4 is 11.6 Å². The summed E-state index contributed by atoms with van der Waals surface area (Å²) in [6, 6.07) is 17.8. The summed E-state index contributed by atoms with van der Waals surface area (Å²) in [5.41, 5.74) is 3.96. The molecule has 1 aromatic heterocycles. The molecule has 136 valence electrons. The van der Waals surface area contributed by atoms with E-state index < -0.39 is 0 Å². The van der Waals surface area contributed by atoms with E-state index in [9.17, 15) is 0 Å². The zero-order valence-electron chi connectivity index (χ0n) is 14.9. The third-order valence-electron chi connectivity index (χ3n) is 4.06. The average molecular weight is 372 g/mol. The molecule has 0 radical (unpaired) electrons. The van der Waals surface area contributed by atoms with Gasteiger partial charge in [-0.2, -0.15) is 5.10 Å². The van der Waals surface area contributed by atoms with E-state index in [1.165, 1.54) is 0 Å². The van der Waals surface area contributed by atoms with Gasteiger partial charge >= 0.3 is 0 Å². The maximum absolute atomic E-state index is 6.17. The number of hydrogen-bond acceptors (Lipinski definition) is 4. The third kappa shape index (κ3) is 4.51. The Morgan fingerprint density at radius 3 is 2.54 bits per heavy atom. The van der Waals surface area contributed by atoms with E-state index in [4.69, 9.17) is 26.2 Å². The Morgan fingerprint density at radius 2 is 1.85 bits per heavy atom. The maximum Gasteiger partial charge on any atom is 0.169 e. The van der Waals surface area contributed by atoms with Gasteiger partial charge in [0.15, 0.2) is 6.29 Å². The number of ether oxygens (including phenoxy) is 2. The minimum absolute atomic E-state index is 0.284. The van der Waals surface area contributed by atoms with Crippen LogP contribution in [0.3, 0.4) is 0 Å². The molecule has 26 heavy (non-hydrogen) atoms. The average Bonchev–Trinajstić information content (AvgIpc) is 3.10. The normalized spacial score (nSPS) is 11.2. The van der Waals surface area contributed by atoms with Crippen molar-refractivity contribution in [3.8, 4) is 16.9 Å². The lowest BCUT2D eigenvalue weighted by Gasteiger charge is -2.13. The Labute approximate surface area is 158 Å². The highest BCUT2D eigenvalue weighted by molar-refractivity contribution is 6.30. The molecule has 1 N–H and O–H groups in total. The van der Waals surface area contributed by atoms with E-state index >= 15 is 0 Å². The summed E-state index contributed by atoms with van der Waals surface area (Å²) >= 11 is 6.17. The fourth-order valence-corrected chi connectivity index (χ4v) is 2.91. The molecule has 0 saturated carbocycles. The Morgan fingerprint density at radius 1 is 1.08 bits per heavy atom. The van der Waals surface area contributed by atoms with Crippen LogP contribution in [0.5, 0.6) is 0 Å². The van der Waals surface area contributed by atoms with Crippen LogP contribution in [-0.2, 0) is 16.0 Å². The monoisotopic (exact) mass is 371 g/mol. The number of nitrogens with one attached hydrogen (secondary N) is 1. The molecule has 0 spiro atoms. The Hall–Kier alpha value is -2.18. The number of nitrogens with zero attached hydrogens (tertiary/aromatic N) is 2. The number of aromatic nitrogens is 2. The zero-order valence-corrected chi connectivity index (χ0v) is 15.6. The Bertz CT molecular complexity index is 832. The van der Waals surface area contributed by atoms with Crippen LogP contribution < -0.4 is 5.32 Å². The first kappa shape index (κ1) is 18.6. The quantitative estimate of drug-likeness (QED) is 0.610. The molecular weight excluding hydrogens is 350 g/mol. The standard InChI is InChI=1S/C20H22ClN3O2/c1-25-19(26-2)13-22-12-16-14-24(18-9-4-3-5-10-18)23-20(16)15-7-6-8-17(21)11-15/h3-11,14,19,22H,12-13H2,1-2H3. The molecule has 0 bridgehead atoms. The molecule has 0 fully saturated rings. The molecular formula is C20H22ClN3O2. The molecule has 2 aromatic carbocycles. The van der Waals surface area contributed by atoms with Gasteiger partial charge < -0.3 is 14.8 Å². The van der Waals surface area contributed by atoms with Crippen LogP contribution in [0.25, 0.3) is 16.9 Å². The highest BCUT2D eigenvalue weighted by Gasteiger charge is 2.13. The first-order valence-electron chi connectivity index (χ1n) is 8.37. The second kappa shape index (κ2) is 8.96. The zero-order chi connectivity index (χ0) is 18.4. The smallest absolute Gasteiger partial charge is 0.169 e. The lowest BCUT2D eigenvalue weighted by atomic mass is 10.1. The summed E-state index contributed by atoms with van der Waals surface area (Å²) in [6.45, 7) is 1.22. The second-order valence-electron chi connectivity index (χ2n) is 5.83. The number of benzene rings is 2. The van der Waals surface area contributed by atoms with Crippen LogP contribution in [-0.4, -0.2) is 36.8 Å². The van der Waals surface area contributed by atoms with Crippen LogP contribution in [0.1, 0.15) is 5.56 Å². The lowest BCUT2D eigenvalue weighted by molar-refractivity contribution is -0.0989. The molecule has 0 aliphatic heterocycles. The number of hydrogen-bond donors (Lipinski definition) is 1. The molecule has 0 saturated heterocycles. The Kier molecular flexibility index (Phi) is 6.41.